The van der Waals surface area contributed by atoms with Crippen molar-refractivity contribution in [3.8, 4) is 11.5 Å². The molecule has 0 spiro atoms. The van der Waals surface area contributed by atoms with E-state index in [1.165, 1.54) is 30.8 Å². The van der Waals surface area contributed by atoms with E-state index in [2.05, 4.69) is 13.8 Å². The van der Waals surface area contributed by atoms with Gasteiger partial charge in [0.1, 0.15) is 23.1 Å². The molecule has 0 saturated carbocycles. The zero-order valence-electron chi connectivity index (χ0n) is 42.8. The van der Waals surface area contributed by atoms with Gasteiger partial charge in [0.05, 0.1) is 59.6 Å². The van der Waals surface area contributed by atoms with Gasteiger partial charge in [-0.1, -0.05) is 150 Å². The fraction of sp³-hybridized carbons (Fsp3) is 0.474. The lowest BCUT2D eigenvalue weighted by Crippen LogP contribution is -2.51. The van der Waals surface area contributed by atoms with Gasteiger partial charge in [-0.25, -0.2) is 9.59 Å². The largest absolute Gasteiger partial charge is 0.497 e. The molecule has 1 N–H and O–H groups in total. The number of benzene rings is 4. The number of rotatable bonds is 32. The second-order valence-electron chi connectivity index (χ2n) is 17.5. The van der Waals surface area contributed by atoms with Gasteiger partial charge in [0.15, 0.2) is 12.1 Å². The van der Waals surface area contributed by atoms with Crippen molar-refractivity contribution in [1.82, 2.24) is 9.80 Å². The lowest BCUT2D eigenvalue weighted by Gasteiger charge is -2.32. The van der Waals surface area contributed by atoms with Crippen LogP contribution in [0, 0.1) is 11.8 Å². The number of carboxylic acid groups (broad SMARTS) is 1. The van der Waals surface area contributed by atoms with Crippen LogP contribution in [-0.4, -0.2) is 96.9 Å². The lowest BCUT2D eigenvalue weighted by molar-refractivity contribution is -0.159. The average Bonchev–Trinajstić information content (AvgIpc) is 3.38. The third-order valence-electron chi connectivity index (χ3n) is 12.1. The highest BCUT2D eigenvalue weighted by Crippen LogP contribution is 2.24. The van der Waals surface area contributed by atoms with Gasteiger partial charge in [0.2, 0.25) is 11.8 Å². The fourth-order valence-electron chi connectivity index (χ4n) is 7.93. The van der Waals surface area contributed by atoms with Crippen molar-refractivity contribution < 1.29 is 57.6 Å². The van der Waals surface area contributed by atoms with E-state index >= 15 is 0 Å². The third-order valence-corrected chi connectivity index (χ3v) is 12.1. The first-order chi connectivity index (χ1) is 34.3. The standard InChI is InChI=1S/C29H39NO6.C28H37NO6/c1-5-6-7-11-14-26(22(2)31)28(32)30(19-23-15-17-25(34-3)18-16-23)27(29(33)35-4)21-36-20-24-12-9-8-10-13-24;1-4-5-6-10-13-25(21(2)30)27(31)29(18-22-14-16-24(34-3)17-15-22)26(28(32)33)20-35-19-23-11-8-7-9-12-23/h8-10,12-13,15-18,26-27H,5-7,11,14,19-21H2,1-4H3;7-9,11-12,14-17,25-26H,4-6,10,13,18-20H2,1-3H3,(H,32,33)/t26?,27-;25?,26-/m00/s1. The second kappa shape index (κ2) is 33.2. The van der Waals surface area contributed by atoms with Crippen molar-refractivity contribution in [1.29, 1.82) is 0 Å². The number of carbonyl (C=O) groups is 6. The Kier molecular flexibility index (Phi) is 27.6. The molecule has 0 heterocycles. The maximum Gasteiger partial charge on any atom is 0.331 e. The Bertz CT molecular complexity index is 2180. The van der Waals surface area contributed by atoms with Gasteiger partial charge >= 0.3 is 11.9 Å². The number of hydrogen-bond acceptors (Lipinski definition) is 11. The maximum atomic E-state index is 13.8. The van der Waals surface area contributed by atoms with Gasteiger partial charge in [0.25, 0.3) is 0 Å². The molecule has 2 unspecified atom stereocenters. The Hall–Kier alpha value is -6.38. The summed E-state index contributed by atoms with van der Waals surface area (Å²) < 4.78 is 27.1. The molecule has 71 heavy (non-hydrogen) atoms. The topological polar surface area (TPSA) is 175 Å². The van der Waals surface area contributed by atoms with Crippen molar-refractivity contribution in [2.45, 2.75) is 130 Å². The van der Waals surface area contributed by atoms with E-state index in [9.17, 15) is 33.9 Å². The number of methoxy groups -OCH3 is 3. The van der Waals surface area contributed by atoms with Crippen molar-refractivity contribution in [2.75, 3.05) is 34.5 Å². The minimum absolute atomic E-state index is 0.0488. The van der Waals surface area contributed by atoms with Crippen LogP contribution in [-0.2, 0) is 69.3 Å². The monoisotopic (exact) mass is 981 g/mol. The summed E-state index contributed by atoms with van der Waals surface area (Å²) in [6.07, 6.45) is 8.42. The van der Waals surface area contributed by atoms with E-state index in [1.807, 2.05) is 72.8 Å². The van der Waals surface area contributed by atoms with Gasteiger partial charge in [0, 0.05) is 13.1 Å². The number of hydrogen-bond donors (Lipinski definition) is 1. The van der Waals surface area contributed by atoms with Gasteiger partial charge in [-0.05, 0) is 73.2 Å². The molecule has 0 aliphatic rings. The molecule has 14 nitrogen and oxygen atoms in total. The predicted molar refractivity (Wildman–Crippen MR) is 272 cm³/mol. The van der Waals surface area contributed by atoms with Gasteiger partial charge < -0.3 is 38.6 Å². The Labute approximate surface area is 421 Å². The van der Waals surface area contributed by atoms with Crippen LogP contribution in [0.4, 0.5) is 0 Å². The van der Waals surface area contributed by atoms with E-state index in [4.69, 9.17) is 23.7 Å². The maximum absolute atomic E-state index is 13.8. The summed E-state index contributed by atoms with van der Waals surface area (Å²) in [6, 6.07) is 31.1. The zero-order chi connectivity index (χ0) is 52.0. The van der Waals surface area contributed by atoms with Crippen LogP contribution in [0.5, 0.6) is 11.5 Å². The van der Waals surface area contributed by atoms with Crippen LogP contribution >= 0.6 is 0 Å². The minimum atomic E-state index is -1.23. The van der Waals surface area contributed by atoms with Crippen molar-refractivity contribution in [3.05, 3.63) is 131 Å². The fourth-order valence-corrected chi connectivity index (χ4v) is 7.93. The Morgan fingerprint density at radius 1 is 0.493 bits per heavy atom. The molecule has 0 bridgehead atoms. The number of aliphatic carboxylic acids is 1. The molecular weight excluding hydrogens is 905 g/mol. The summed E-state index contributed by atoms with van der Waals surface area (Å²) in [4.78, 5) is 80.3. The Balaban J connectivity index is 0.000000375. The molecule has 0 saturated heterocycles. The third kappa shape index (κ3) is 20.9. The first-order valence-corrected chi connectivity index (χ1v) is 24.7. The van der Waals surface area contributed by atoms with E-state index in [0.29, 0.717) is 24.3 Å². The van der Waals surface area contributed by atoms with E-state index < -0.39 is 41.8 Å². The number of unbranched alkanes of at least 4 members (excludes halogenated alkanes) is 6. The summed E-state index contributed by atoms with van der Waals surface area (Å²) in [5.41, 5.74) is 3.39. The molecule has 0 radical (unpaired) electrons. The molecule has 386 valence electrons. The highest BCUT2D eigenvalue weighted by Gasteiger charge is 2.38. The number of esters is 1. The summed E-state index contributed by atoms with van der Waals surface area (Å²) >= 11 is 0. The molecule has 0 aliphatic carbocycles. The lowest BCUT2D eigenvalue weighted by atomic mass is 9.94. The number of Topliss-reactive ketones (excluding diaryl/α,β-unsaturated/α-hetero) is 2. The normalized spacial score (nSPS) is 12.5. The number of carboxylic acids is 1. The minimum Gasteiger partial charge on any atom is -0.497 e. The zero-order valence-corrected chi connectivity index (χ0v) is 42.8. The van der Waals surface area contributed by atoms with E-state index in [1.54, 1.807) is 50.6 Å². The highest BCUT2D eigenvalue weighted by atomic mass is 16.5. The van der Waals surface area contributed by atoms with Crippen LogP contribution in [0.3, 0.4) is 0 Å². The number of carbonyl (C=O) groups excluding carboxylic acids is 5. The van der Waals surface area contributed by atoms with Gasteiger partial charge in [-0.2, -0.15) is 0 Å². The van der Waals surface area contributed by atoms with Crippen LogP contribution in [0.1, 0.15) is 114 Å². The first kappa shape index (κ1) is 58.9. The van der Waals surface area contributed by atoms with Crippen molar-refractivity contribution in [2.24, 2.45) is 11.8 Å². The predicted octanol–water partition coefficient (Wildman–Crippen LogP) is 9.83. The summed E-state index contributed by atoms with van der Waals surface area (Å²) in [5, 5.41) is 10.0. The van der Waals surface area contributed by atoms with E-state index in [0.717, 1.165) is 73.6 Å². The van der Waals surface area contributed by atoms with E-state index in [-0.39, 0.29) is 57.0 Å². The number of ketones is 2. The Morgan fingerprint density at radius 3 is 1.21 bits per heavy atom. The molecule has 4 rings (SSSR count). The van der Waals surface area contributed by atoms with Crippen LogP contribution in [0.2, 0.25) is 0 Å². The average molecular weight is 981 g/mol. The molecule has 4 atom stereocenters. The number of ether oxygens (including phenoxy) is 5. The quantitative estimate of drug-likeness (QED) is 0.0279. The molecular formula is C57H76N2O12. The van der Waals surface area contributed by atoms with Gasteiger partial charge in [-0.3, -0.25) is 19.2 Å². The molecule has 4 aromatic rings. The smallest absolute Gasteiger partial charge is 0.331 e. The van der Waals surface area contributed by atoms with Gasteiger partial charge in [-0.15, -0.1) is 0 Å². The second-order valence-corrected chi connectivity index (χ2v) is 17.5. The molecule has 4 aromatic carbocycles. The SMILES string of the molecule is CCCCCCC(C(C)=O)C(=O)N(Cc1ccc(OC)cc1)[C@@H](COCc1ccccc1)C(=O)O.CCCCCCC(C(C)=O)C(=O)N(Cc1ccc(OC)cc1)[C@@H](COCc1ccccc1)C(=O)OC. The summed E-state index contributed by atoms with van der Waals surface area (Å²) in [7, 11) is 4.43. The molecule has 0 fully saturated rings. The van der Waals surface area contributed by atoms with Crippen molar-refractivity contribution >= 4 is 35.3 Å². The Morgan fingerprint density at radius 2 is 0.873 bits per heavy atom. The van der Waals surface area contributed by atoms with Crippen LogP contribution in [0.15, 0.2) is 109 Å². The molecule has 0 aromatic heterocycles. The van der Waals surface area contributed by atoms with Crippen LogP contribution in [0.25, 0.3) is 0 Å². The highest BCUT2D eigenvalue weighted by molar-refractivity contribution is 6.02. The molecule has 14 heteroatoms. The number of amides is 2. The molecule has 0 aliphatic heterocycles. The van der Waals surface area contributed by atoms with Crippen molar-refractivity contribution in [3.63, 3.8) is 0 Å². The first-order valence-electron chi connectivity index (χ1n) is 24.7. The molecule has 2 amide bonds. The number of nitrogens with zero attached hydrogens (tertiary/aromatic N) is 2. The summed E-state index contributed by atoms with van der Waals surface area (Å²) in [6.45, 7) is 7.49. The summed E-state index contributed by atoms with van der Waals surface area (Å²) in [5.74, 6) is -3.41. The van der Waals surface area contributed by atoms with Crippen LogP contribution < -0.4 is 9.47 Å².